The number of hydrogen-bond acceptors (Lipinski definition) is 3. The first-order valence-electron chi connectivity index (χ1n) is 13.2. The van der Waals surface area contributed by atoms with Crippen molar-refractivity contribution in [2.75, 3.05) is 19.8 Å². The zero-order valence-electron chi connectivity index (χ0n) is 21.0. The summed E-state index contributed by atoms with van der Waals surface area (Å²) in [6.45, 7) is 13.9. The van der Waals surface area contributed by atoms with Crippen LogP contribution < -0.4 is 5.48 Å². The highest BCUT2D eigenvalue weighted by Gasteiger charge is 2.52. The predicted molar refractivity (Wildman–Crippen MR) is 128 cm³/mol. The topological polar surface area (TPSA) is 41.5 Å². The van der Waals surface area contributed by atoms with E-state index in [1.165, 1.54) is 77.0 Å². The predicted octanol–water partition coefficient (Wildman–Crippen LogP) is 7.28. The summed E-state index contributed by atoms with van der Waals surface area (Å²) in [5.41, 5.74) is 4.00. The minimum absolute atomic E-state index is 0.117. The first-order valence-corrected chi connectivity index (χ1v) is 13.2. The molecule has 0 saturated heterocycles. The van der Waals surface area contributed by atoms with Gasteiger partial charge < -0.3 is 9.94 Å². The molecule has 3 heteroatoms. The maximum atomic E-state index is 10.2. The molecule has 0 radical (unpaired) electrons. The molecule has 2 N–H and O–H groups in total. The van der Waals surface area contributed by atoms with Crippen LogP contribution in [0.4, 0.5) is 0 Å². The van der Waals surface area contributed by atoms with Crippen molar-refractivity contribution in [3.05, 3.63) is 0 Å². The molecule has 2 aliphatic rings. The fourth-order valence-electron chi connectivity index (χ4n) is 7.22. The Hall–Kier alpha value is -0.120. The van der Waals surface area contributed by atoms with Crippen LogP contribution in [0.3, 0.4) is 0 Å². The molecular formula is C27H53NO2. The Balaban J connectivity index is 1.74. The molecule has 2 fully saturated rings. The highest BCUT2D eigenvalue weighted by atomic mass is 16.6. The van der Waals surface area contributed by atoms with Crippen LogP contribution >= 0.6 is 0 Å². The SMILES string of the molecule is CCCCCC(CCCCC)CCNOCC1(C)CC2CC(C)(C)CC(CO)(C2)C1. The summed E-state index contributed by atoms with van der Waals surface area (Å²) >= 11 is 0. The molecule has 3 unspecified atom stereocenters. The quantitative estimate of drug-likeness (QED) is 0.215. The van der Waals surface area contributed by atoms with Crippen LogP contribution in [0, 0.1) is 28.1 Å². The fraction of sp³-hybridized carbons (Fsp3) is 1.00. The van der Waals surface area contributed by atoms with E-state index in [1.807, 2.05) is 0 Å². The molecule has 0 aliphatic heterocycles. The average Bonchev–Trinajstić information content (AvgIpc) is 2.65. The summed E-state index contributed by atoms with van der Waals surface area (Å²) in [4.78, 5) is 6.05. The molecule has 0 amide bonds. The molecule has 2 saturated carbocycles. The standard InChI is InChI=1S/C27H53NO2/c1-6-8-10-12-23(13-11-9-7-2)14-15-28-30-22-26(5)17-24-16-25(3,4)19-27(18-24,20-26)21-29/h23-24,28-29H,6-22H2,1-5H3. The van der Waals surface area contributed by atoms with E-state index in [1.54, 1.807) is 0 Å². The van der Waals surface area contributed by atoms with Gasteiger partial charge in [0.1, 0.15) is 0 Å². The normalized spacial score (nSPS) is 30.7. The molecule has 2 bridgehead atoms. The smallest absolute Gasteiger partial charge is 0.0736 e. The van der Waals surface area contributed by atoms with Crippen molar-refractivity contribution in [3.8, 4) is 0 Å². The maximum Gasteiger partial charge on any atom is 0.0736 e. The second-order valence-corrected chi connectivity index (χ2v) is 12.3. The molecule has 3 nitrogen and oxygen atoms in total. The largest absolute Gasteiger partial charge is 0.396 e. The first kappa shape index (κ1) is 26.1. The molecular weight excluding hydrogens is 370 g/mol. The van der Waals surface area contributed by atoms with Gasteiger partial charge in [-0.25, -0.2) is 5.48 Å². The van der Waals surface area contributed by atoms with Gasteiger partial charge in [0.15, 0.2) is 0 Å². The van der Waals surface area contributed by atoms with Gasteiger partial charge in [-0.1, -0.05) is 86.0 Å². The molecule has 178 valence electrons. The third-order valence-electron chi connectivity index (χ3n) is 7.94. The van der Waals surface area contributed by atoms with Gasteiger partial charge in [0.2, 0.25) is 0 Å². The van der Waals surface area contributed by atoms with E-state index in [9.17, 15) is 5.11 Å². The molecule has 0 heterocycles. The summed E-state index contributed by atoms with van der Waals surface area (Å²) in [5.74, 6) is 1.59. The van der Waals surface area contributed by atoms with Gasteiger partial charge >= 0.3 is 0 Å². The number of hydrogen-bond donors (Lipinski definition) is 2. The highest BCUT2D eigenvalue weighted by molar-refractivity contribution is 5.02. The van der Waals surface area contributed by atoms with Gasteiger partial charge in [-0.05, 0) is 66.6 Å². The summed E-state index contributed by atoms with van der Waals surface area (Å²) in [6, 6.07) is 0. The number of fused-ring (bicyclic) bond motifs is 2. The number of rotatable bonds is 15. The third kappa shape index (κ3) is 8.43. The van der Waals surface area contributed by atoms with Gasteiger partial charge in [0, 0.05) is 13.2 Å². The van der Waals surface area contributed by atoms with E-state index in [4.69, 9.17) is 4.84 Å². The third-order valence-corrected chi connectivity index (χ3v) is 7.94. The highest BCUT2D eigenvalue weighted by Crippen LogP contribution is 2.60. The molecule has 2 aliphatic carbocycles. The van der Waals surface area contributed by atoms with Crippen molar-refractivity contribution < 1.29 is 9.94 Å². The van der Waals surface area contributed by atoms with Crippen molar-refractivity contribution in [2.24, 2.45) is 28.1 Å². The lowest BCUT2D eigenvalue weighted by Crippen LogP contribution is -2.50. The Morgan fingerprint density at radius 1 is 0.900 bits per heavy atom. The minimum Gasteiger partial charge on any atom is -0.396 e. The number of aliphatic hydroxyl groups is 1. The van der Waals surface area contributed by atoms with Crippen LogP contribution in [-0.2, 0) is 4.84 Å². The summed E-state index contributed by atoms with van der Waals surface area (Å²) in [5, 5.41) is 10.2. The van der Waals surface area contributed by atoms with Crippen LogP contribution in [0.2, 0.25) is 0 Å². The lowest BCUT2D eigenvalue weighted by atomic mass is 9.49. The zero-order chi connectivity index (χ0) is 22.1. The Bertz CT molecular complexity index is 469. The molecule has 2 rings (SSSR count). The lowest BCUT2D eigenvalue weighted by Gasteiger charge is -2.56. The van der Waals surface area contributed by atoms with E-state index in [0.29, 0.717) is 12.0 Å². The van der Waals surface area contributed by atoms with Crippen molar-refractivity contribution >= 4 is 0 Å². The Kier molecular flexibility index (Phi) is 10.6. The molecule has 0 aromatic rings. The second-order valence-electron chi connectivity index (χ2n) is 12.3. The minimum atomic E-state index is 0.117. The molecule has 0 aromatic carbocycles. The van der Waals surface area contributed by atoms with Crippen molar-refractivity contribution in [2.45, 2.75) is 125 Å². The first-order chi connectivity index (χ1) is 14.3. The molecule has 3 atom stereocenters. The summed E-state index contributed by atoms with van der Waals surface area (Å²) < 4.78 is 0. The Morgan fingerprint density at radius 2 is 1.57 bits per heavy atom. The van der Waals surface area contributed by atoms with Crippen molar-refractivity contribution in [1.29, 1.82) is 0 Å². The van der Waals surface area contributed by atoms with Crippen LogP contribution in [-0.4, -0.2) is 24.9 Å². The molecule has 30 heavy (non-hydrogen) atoms. The molecule has 0 aromatic heterocycles. The number of aliphatic hydroxyl groups excluding tert-OH is 1. The number of nitrogens with one attached hydrogen (secondary N) is 1. The van der Waals surface area contributed by atoms with Gasteiger partial charge in [0.05, 0.1) is 6.61 Å². The van der Waals surface area contributed by atoms with Crippen molar-refractivity contribution in [3.63, 3.8) is 0 Å². The van der Waals surface area contributed by atoms with Crippen LogP contribution in [0.1, 0.15) is 125 Å². The Labute approximate surface area is 188 Å². The summed E-state index contributed by atoms with van der Waals surface area (Å²) in [6.07, 6.45) is 18.2. The van der Waals surface area contributed by atoms with Crippen molar-refractivity contribution in [1.82, 2.24) is 5.48 Å². The second kappa shape index (κ2) is 12.2. The van der Waals surface area contributed by atoms with Gasteiger partial charge in [-0.2, -0.15) is 0 Å². The number of hydroxylamine groups is 1. The van der Waals surface area contributed by atoms with E-state index < -0.39 is 0 Å². The van der Waals surface area contributed by atoms with E-state index in [-0.39, 0.29) is 10.8 Å². The van der Waals surface area contributed by atoms with Crippen LogP contribution in [0.5, 0.6) is 0 Å². The van der Waals surface area contributed by atoms with Gasteiger partial charge in [-0.3, -0.25) is 0 Å². The Morgan fingerprint density at radius 3 is 2.17 bits per heavy atom. The lowest BCUT2D eigenvalue weighted by molar-refractivity contribution is -0.119. The summed E-state index contributed by atoms with van der Waals surface area (Å²) in [7, 11) is 0. The monoisotopic (exact) mass is 423 g/mol. The molecule has 0 spiro atoms. The van der Waals surface area contributed by atoms with Gasteiger partial charge in [0.25, 0.3) is 0 Å². The van der Waals surface area contributed by atoms with Gasteiger partial charge in [-0.15, -0.1) is 0 Å². The maximum absolute atomic E-state index is 10.2. The number of unbranched alkanes of at least 4 members (excludes halogenated alkanes) is 4. The van der Waals surface area contributed by atoms with Crippen LogP contribution in [0.25, 0.3) is 0 Å². The van der Waals surface area contributed by atoms with Crippen LogP contribution in [0.15, 0.2) is 0 Å². The zero-order valence-corrected chi connectivity index (χ0v) is 21.0. The van der Waals surface area contributed by atoms with E-state index in [0.717, 1.165) is 37.8 Å². The fourth-order valence-corrected chi connectivity index (χ4v) is 7.22. The average molecular weight is 424 g/mol. The van der Waals surface area contributed by atoms with E-state index >= 15 is 0 Å². The van der Waals surface area contributed by atoms with E-state index in [2.05, 4.69) is 40.1 Å².